The smallest absolute Gasteiger partial charge is 0.174 e. The molecule has 3 aromatic rings. The minimum atomic E-state index is 0.0242. The van der Waals surface area contributed by atoms with Crippen molar-refractivity contribution in [2.45, 2.75) is 19.3 Å². The van der Waals surface area contributed by atoms with Crippen LogP contribution in [0.2, 0.25) is 0 Å². The van der Waals surface area contributed by atoms with Crippen molar-refractivity contribution in [3.8, 4) is 23.1 Å². The molecule has 0 N–H and O–H groups in total. The summed E-state index contributed by atoms with van der Waals surface area (Å²) in [7, 11) is 0. The molecule has 124 valence electrons. The number of rotatable bonds is 6. The summed E-state index contributed by atoms with van der Waals surface area (Å²) < 4.78 is 7.04. The number of carbonyl (C=O) groups excluding carboxylic acids is 1. The Bertz CT molecular complexity index is 965. The first kappa shape index (κ1) is 15.3. The van der Waals surface area contributed by atoms with Crippen molar-refractivity contribution in [3.05, 3.63) is 48.3 Å². The Labute approximate surface area is 144 Å². The van der Waals surface area contributed by atoms with Crippen molar-refractivity contribution in [3.63, 3.8) is 0 Å². The summed E-state index contributed by atoms with van der Waals surface area (Å²) in [6.07, 6.45) is 2.29. The zero-order chi connectivity index (χ0) is 17.2. The Morgan fingerprint density at radius 1 is 1.24 bits per heavy atom. The molecule has 0 amide bonds. The van der Waals surface area contributed by atoms with Gasteiger partial charge in [-0.25, -0.2) is 9.50 Å². The van der Waals surface area contributed by atoms with E-state index in [2.05, 4.69) is 10.1 Å². The molecule has 1 fully saturated rings. The van der Waals surface area contributed by atoms with Crippen LogP contribution in [0, 0.1) is 17.2 Å². The van der Waals surface area contributed by atoms with Gasteiger partial charge in [-0.3, -0.25) is 4.79 Å². The van der Waals surface area contributed by atoms with Crippen LogP contribution in [0.5, 0.6) is 5.75 Å². The van der Waals surface area contributed by atoms with Crippen LogP contribution in [0.3, 0.4) is 0 Å². The first-order chi connectivity index (χ1) is 12.2. The third-order valence-electron chi connectivity index (χ3n) is 4.22. The number of hydrogen-bond donors (Lipinski definition) is 0. The number of ether oxygens (including phenoxy) is 1. The van der Waals surface area contributed by atoms with Crippen LogP contribution in [-0.2, 0) is 11.2 Å². The first-order valence-corrected chi connectivity index (χ1v) is 8.22. The van der Waals surface area contributed by atoms with Gasteiger partial charge in [0.15, 0.2) is 18.1 Å². The minimum absolute atomic E-state index is 0.0242. The zero-order valence-electron chi connectivity index (χ0n) is 13.6. The van der Waals surface area contributed by atoms with Gasteiger partial charge < -0.3 is 4.74 Å². The van der Waals surface area contributed by atoms with E-state index in [9.17, 15) is 4.79 Å². The molecule has 1 saturated carbocycles. The molecule has 0 unspecified atom stereocenters. The van der Waals surface area contributed by atoms with Gasteiger partial charge in [0.25, 0.3) is 0 Å². The second kappa shape index (κ2) is 6.36. The lowest BCUT2D eigenvalue weighted by atomic mass is 10.1. The quantitative estimate of drug-likeness (QED) is 0.693. The number of hydrogen-bond acceptors (Lipinski definition) is 5. The van der Waals surface area contributed by atoms with Crippen molar-refractivity contribution in [1.29, 1.82) is 5.26 Å². The summed E-state index contributed by atoms with van der Waals surface area (Å²) in [5.41, 5.74) is 2.57. The van der Waals surface area contributed by atoms with Crippen LogP contribution >= 0.6 is 0 Å². The van der Waals surface area contributed by atoms with Crippen molar-refractivity contribution >= 4 is 11.4 Å². The van der Waals surface area contributed by atoms with Gasteiger partial charge in [0.2, 0.25) is 0 Å². The molecule has 0 saturated heterocycles. The summed E-state index contributed by atoms with van der Waals surface area (Å²) in [5, 5.41) is 13.1. The summed E-state index contributed by atoms with van der Waals surface area (Å²) in [4.78, 5) is 16.5. The highest BCUT2D eigenvalue weighted by Gasteiger charge is 2.30. The SMILES string of the molecule is N#CCOc1ccc(-c2cccc3nc(CC(=O)C4CC4)nn23)cc1. The predicted molar refractivity (Wildman–Crippen MR) is 91.0 cm³/mol. The van der Waals surface area contributed by atoms with Gasteiger partial charge >= 0.3 is 0 Å². The maximum absolute atomic E-state index is 12.0. The minimum Gasteiger partial charge on any atom is -0.479 e. The van der Waals surface area contributed by atoms with Crippen LogP contribution in [0.25, 0.3) is 16.9 Å². The topological polar surface area (TPSA) is 80.3 Å². The Balaban J connectivity index is 1.63. The standard InChI is InChI=1S/C19H16N4O2/c20-10-11-25-15-8-6-13(7-9-15)16-2-1-3-19-21-18(22-23(16)19)12-17(24)14-4-5-14/h1-3,6-9,14H,4-5,11-12H2. The van der Waals surface area contributed by atoms with Crippen molar-refractivity contribution in [2.24, 2.45) is 5.92 Å². The molecule has 0 aliphatic heterocycles. The van der Waals surface area contributed by atoms with Crippen LogP contribution < -0.4 is 4.74 Å². The zero-order valence-corrected chi connectivity index (χ0v) is 13.6. The van der Waals surface area contributed by atoms with Crippen LogP contribution in [0.1, 0.15) is 18.7 Å². The monoisotopic (exact) mass is 332 g/mol. The summed E-state index contributed by atoms with van der Waals surface area (Å²) in [6.45, 7) is 0.0242. The molecule has 0 atom stereocenters. The second-order valence-electron chi connectivity index (χ2n) is 6.10. The average Bonchev–Trinajstić information content (AvgIpc) is 3.40. The molecule has 6 heteroatoms. The van der Waals surface area contributed by atoms with Crippen molar-refractivity contribution in [1.82, 2.24) is 14.6 Å². The second-order valence-corrected chi connectivity index (χ2v) is 6.10. The van der Waals surface area contributed by atoms with Crippen molar-refractivity contribution < 1.29 is 9.53 Å². The molecule has 0 bridgehead atoms. The van der Waals surface area contributed by atoms with Gasteiger partial charge in [0.05, 0.1) is 12.1 Å². The Morgan fingerprint density at radius 3 is 2.76 bits per heavy atom. The van der Waals surface area contributed by atoms with Crippen LogP contribution in [0.4, 0.5) is 0 Å². The fourth-order valence-electron chi connectivity index (χ4n) is 2.79. The largest absolute Gasteiger partial charge is 0.479 e. The molecule has 2 aromatic heterocycles. The number of benzene rings is 1. The molecule has 25 heavy (non-hydrogen) atoms. The van der Waals surface area contributed by atoms with E-state index in [0.29, 0.717) is 18.0 Å². The Morgan fingerprint density at radius 2 is 2.04 bits per heavy atom. The molecular formula is C19H16N4O2. The van der Waals surface area contributed by atoms with Gasteiger partial charge in [0.1, 0.15) is 17.6 Å². The van der Waals surface area contributed by atoms with E-state index in [1.807, 2.05) is 48.5 Å². The Hall–Kier alpha value is -3.20. The fraction of sp³-hybridized carbons (Fsp3) is 0.263. The summed E-state index contributed by atoms with van der Waals surface area (Å²) in [6, 6.07) is 15.2. The van der Waals surface area contributed by atoms with Gasteiger partial charge in [-0.2, -0.15) is 10.4 Å². The number of ketones is 1. The number of fused-ring (bicyclic) bond motifs is 1. The molecule has 0 spiro atoms. The highest BCUT2D eigenvalue weighted by Crippen LogP contribution is 2.30. The van der Waals surface area contributed by atoms with E-state index in [1.165, 1.54) is 0 Å². The first-order valence-electron chi connectivity index (χ1n) is 8.22. The van der Waals surface area contributed by atoms with E-state index in [4.69, 9.17) is 10.00 Å². The number of Topliss-reactive ketones (excluding diaryl/α,β-unsaturated/α-hetero) is 1. The van der Waals surface area contributed by atoms with E-state index < -0.39 is 0 Å². The van der Waals surface area contributed by atoms with Gasteiger partial charge in [-0.1, -0.05) is 6.07 Å². The Kier molecular flexibility index (Phi) is 3.90. The number of nitriles is 1. The summed E-state index contributed by atoms with van der Waals surface area (Å²) >= 11 is 0. The predicted octanol–water partition coefficient (Wildman–Crippen LogP) is 2.82. The highest BCUT2D eigenvalue weighted by molar-refractivity contribution is 5.84. The number of pyridine rings is 1. The van der Waals surface area contributed by atoms with Crippen molar-refractivity contribution in [2.75, 3.05) is 6.61 Å². The number of aromatic nitrogens is 3. The normalized spacial score (nSPS) is 13.6. The molecule has 1 aromatic carbocycles. The summed E-state index contributed by atoms with van der Waals surface area (Å²) in [5.74, 6) is 1.66. The number of nitrogens with zero attached hydrogens (tertiary/aromatic N) is 4. The molecular weight excluding hydrogens is 316 g/mol. The van der Waals surface area contributed by atoms with Crippen LogP contribution in [-0.4, -0.2) is 27.0 Å². The number of carbonyl (C=O) groups is 1. The molecule has 0 radical (unpaired) electrons. The van der Waals surface area contributed by atoms with Gasteiger partial charge in [0, 0.05) is 11.5 Å². The maximum Gasteiger partial charge on any atom is 0.174 e. The highest BCUT2D eigenvalue weighted by atomic mass is 16.5. The van der Waals surface area contributed by atoms with Crippen LogP contribution in [0.15, 0.2) is 42.5 Å². The van der Waals surface area contributed by atoms with E-state index >= 15 is 0 Å². The lowest BCUT2D eigenvalue weighted by Crippen LogP contribution is -2.06. The molecule has 2 heterocycles. The van der Waals surface area contributed by atoms with Gasteiger partial charge in [-0.05, 0) is 49.2 Å². The van der Waals surface area contributed by atoms with E-state index in [-0.39, 0.29) is 18.3 Å². The third-order valence-corrected chi connectivity index (χ3v) is 4.22. The molecule has 1 aliphatic carbocycles. The lowest BCUT2D eigenvalue weighted by Gasteiger charge is -2.06. The fourth-order valence-corrected chi connectivity index (χ4v) is 2.79. The van der Waals surface area contributed by atoms with E-state index in [0.717, 1.165) is 29.7 Å². The maximum atomic E-state index is 12.0. The lowest BCUT2D eigenvalue weighted by molar-refractivity contribution is -0.119. The average molecular weight is 332 g/mol. The van der Waals surface area contributed by atoms with Gasteiger partial charge in [-0.15, -0.1) is 0 Å². The third kappa shape index (κ3) is 3.22. The molecule has 4 rings (SSSR count). The molecule has 1 aliphatic rings. The van der Waals surface area contributed by atoms with E-state index in [1.54, 1.807) is 4.52 Å². The molecule has 6 nitrogen and oxygen atoms in total.